The second-order valence-corrected chi connectivity index (χ2v) is 6.56. The number of amides is 2. The van der Waals surface area contributed by atoms with E-state index in [1.807, 2.05) is 48.5 Å². The maximum Gasteiger partial charge on any atom is 0.339 e. The first kappa shape index (κ1) is 17.9. The number of nitrogens with zero attached hydrogens (tertiary/aromatic N) is 2. The molecule has 28 heavy (non-hydrogen) atoms. The van der Waals surface area contributed by atoms with Gasteiger partial charge in [0.2, 0.25) is 5.91 Å². The number of carbonyl (C=O) groups is 3. The van der Waals surface area contributed by atoms with Crippen LogP contribution < -0.4 is 0 Å². The topological polar surface area (TPSA) is 76.6 Å². The molecule has 1 aromatic heterocycles. The van der Waals surface area contributed by atoms with Gasteiger partial charge in [-0.2, -0.15) is 0 Å². The number of rotatable bonds is 4. The molecule has 6 nitrogen and oxygen atoms in total. The lowest BCUT2D eigenvalue weighted by Crippen LogP contribution is -2.35. The van der Waals surface area contributed by atoms with Crippen LogP contribution in [-0.4, -0.2) is 40.8 Å². The van der Waals surface area contributed by atoms with E-state index < -0.39 is 18.5 Å². The summed E-state index contributed by atoms with van der Waals surface area (Å²) in [6.45, 7) is -0.0759. The number of likely N-dealkylation sites (tertiary alicyclic amines) is 1. The lowest BCUT2D eigenvalue weighted by atomic mass is 10.0. The fraction of sp³-hybridized carbons (Fsp3) is 0.182. The van der Waals surface area contributed by atoms with Crippen LogP contribution in [0.2, 0.25) is 0 Å². The Kier molecular flexibility index (Phi) is 4.85. The number of hydrogen-bond donors (Lipinski definition) is 0. The Balaban J connectivity index is 1.62. The van der Waals surface area contributed by atoms with Crippen LogP contribution >= 0.6 is 0 Å². The van der Waals surface area contributed by atoms with Crippen LogP contribution in [0.1, 0.15) is 23.2 Å². The normalized spacial score (nSPS) is 13.7. The molecule has 0 radical (unpaired) electrons. The van der Waals surface area contributed by atoms with Gasteiger partial charge in [-0.3, -0.25) is 14.5 Å². The molecule has 3 aromatic rings. The molecule has 1 saturated heterocycles. The molecule has 0 atom stereocenters. The summed E-state index contributed by atoms with van der Waals surface area (Å²) >= 11 is 0. The van der Waals surface area contributed by atoms with Crippen molar-refractivity contribution in [2.24, 2.45) is 0 Å². The summed E-state index contributed by atoms with van der Waals surface area (Å²) in [6.07, 6.45) is 1.00. The van der Waals surface area contributed by atoms with Crippen molar-refractivity contribution in [1.29, 1.82) is 0 Å². The fourth-order valence-corrected chi connectivity index (χ4v) is 3.30. The third-order valence-electron chi connectivity index (χ3n) is 4.71. The number of ether oxygens (including phenoxy) is 1. The molecule has 2 amide bonds. The van der Waals surface area contributed by atoms with Crippen LogP contribution in [0.25, 0.3) is 22.2 Å². The van der Waals surface area contributed by atoms with Crippen LogP contribution in [0, 0.1) is 0 Å². The molecule has 6 heteroatoms. The van der Waals surface area contributed by atoms with E-state index in [0.29, 0.717) is 41.5 Å². The largest absolute Gasteiger partial charge is 0.452 e. The van der Waals surface area contributed by atoms with Crippen LogP contribution in [0.5, 0.6) is 0 Å². The van der Waals surface area contributed by atoms with Gasteiger partial charge in [-0.1, -0.05) is 48.5 Å². The maximum absolute atomic E-state index is 12.7. The number of esters is 1. The summed E-state index contributed by atoms with van der Waals surface area (Å²) in [5.41, 5.74) is 2.52. The van der Waals surface area contributed by atoms with Gasteiger partial charge in [0, 0.05) is 23.9 Å². The molecule has 1 aliphatic rings. The second kappa shape index (κ2) is 7.60. The number of aromatic nitrogens is 1. The molecule has 0 spiro atoms. The summed E-state index contributed by atoms with van der Waals surface area (Å²) in [5, 5.41) is 0.650. The van der Waals surface area contributed by atoms with Crippen LogP contribution in [0.15, 0.2) is 60.7 Å². The van der Waals surface area contributed by atoms with E-state index in [9.17, 15) is 14.4 Å². The standard InChI is InChI=1S/C22H18N2O4/c25-20-11-6-12-24(20)21(26)14-28-22(27)17-13-19(15-7-2-1-3-8-15)23-18-10-5-4-9-16(17)18/h1-5,7-10,13H,6,11-12,14H2. The Hall–Kier alpha value is -3.54. The van der Waals surface area contributed by atoms with Crippen molar-refractivity contribution in [3.05, 3.63) is 66.2 Å². The van der Waals surface area contributed by atoms with Gasteiger partial charge in [-0.15, -0.1) is 0 Å². The first-order valence-electron chi connectivity index (χ1n) is 9.09. The zero-order chi connectivity index (χ0) is 19.5. The first-order valence-corrected chi connectivity index (χ1v) is 9.09. The van der Waals surface area contributed by atoms with Crippen LogP contribution in [0.4, 0.5) is 0 Å². The van der Waals surface area contributed by atoms with Crippen molar-refractivity contribution >= 4 is 28.7 Å². The first-order chi connectivity index (χ1) is 13.6. The van der Waals surface area contributed by atoms with Gasteiger partial charge in [-0.25, -0.2) is 9.78 Å². The summed E-state index contributed by atoms with van der Waals surface area (Å²) < 4.78 is 5.24. The van der Waals surface area contributed by atoms with Crippen molar-refractivity contribution in [3.63, 3.8) is 0 Å². The Morgan fingerprint density at radius 2 is 1.79 bits per heavy atom. The third-order valence-corrected chi connectivity index (χ3v) is 4.71. The SMILES string of the molecule is O=C(OCC(=O)N1CCCC1=O)c1cc(-c2ccccc2)nc2ccccc12. The van der Waals surface area contributed by atoms with E-state index in [-0.39, 0.29) is 5.91 Å². The Morgan fingerprint density at radius 3 is 2.54 bits per heavy atom. The monoisotopic (exact) mass is 374 g/mol. The molecule has 1 aliphatic heterocycles. The summed E-state index contributed by atoms with van der Waals surface area (Å²) in [7, 11) is 0. The van der Waals surface area contributed by atoms with Gasteiger partial charge in [0.1, 0.15) is 0 Å². The van der Waals surface area contributed by atoms with E-state index in [2.05, 4.69) is 4.98 Å². The lowest BCUT2D eigenvalue weighted by molar-refractivity contribution is -0.143. The highest BCUT2D eigenvalue weighted by Gasteiger charge is 2.27. The van der Waals surface area contributed by atoms with Gasteiger partial charge < -0.3 is 4.74 Å². The summed E-state index contributed by atoms with van der Waals surface area (Å²) in [6, 6.07) is 18.5. The van der Waals surface area contributed by atoms with E-state index in [1.54, 1.807) is 12.1 Å². The predicted octanol–water partition coefficient (Wildman–Crippen LogP) is 3.21. The smallest absolute Gasteiger partial charge is 0.339 e. The zero-order valence-electron chi connectivity index (χ0n) is 15.1. The zero-order valence-corrected chi connectivity index (χ0v) is 15.1. The average Bonchev–Trinajstić information content (AvgIpc) is 3.17. The molecule has 1 fully saturated rings. The van der Waals surface area contributed by atoms with Gasteiger partial charge in [0.15, 0.2) is 6.61 Å². The molecule has 4 rings (SSSR count). The number of fused-ring (bicyclic) bond motifs is 1. The summed E-state index contributed by atoms with van der Waals surface area (Å²) in [5.74, 6) is -1.32. The van der Waals surface area contributed by atoms with Crippen molar-refractivity contribution < 1.29 is 19.1 Å². The minimum atomic E-state index is -0.615. The highest BCUT2D eigenvalue weighted by atomic mass is 16.5. The van der Waals surface area contributed by atoms with Gasteiger partial charge in [0.25, 0.3) is 5.91 Å². The molecule has 0 saturated carbocycles. The van der Waals surface area contributed by atoms with Gasteiger partial charge in [-0.05, 0) is 18.6 Å². The number of hydrogen-bond acceptors (Lipinski definition) is 5. The molecule has 0 bridgehead atoms. The van der Waals surface area contributed by atoms with E-state index >= 15 is 0 Å². The van der Waals surface area contributed by atoms with Crippen molar-refractivity contribution in [1.82, 2.24) is 9.88 Å². The second-order valence-electron chi connectivity index (χ2n) is 6.56. The van der Waals surface area contributed by atoms with E-state index in [1.165, 1.54) is 0 Å². The number of imide groups is 1. The number of pyridine rings is 1. The molecular formula is C22H18N2O4. The van der Waals surface area contributed by atoms with Crippen molar-refractivity contribution in [2.75, 3.05) is 13.2 Å². The lowest BCUT2D eigenvalue weighted by Gasteiger charge is -2.14. The van der Waals surface area contributed by atoms with Crippen LogP contribution in [0.3, 0.4) is 0 Å². The highest BCUT2D eigenvalue weighted by Crippen LogP contribution is 2.25. The Bertz CT molecular complexity index is 1060. The van der Waals surface area contributed by atoms with E-state index in [0.717, 1.165) is 10.5 Å². The maximum atomic E-state index is 12.7. The van der Waals surface area contributed by atoms with Crippen molar-refractivity contribution in [3.8, 4) is 11.3 Å². The quantitative estimate of drug-likeness (QED) is 0.656. The Labute approximate surface area is 161 Å². The highest BCUT2D eigenvalue weighted by molar-refractivity contribution is 6.05. The molecular weight excluding hydrogens is 356 g/mol. The minimum absolute atomic E-state index is 0.221. The minimum Gasteiger partial charge on any atom is -0.452 e. The van der Waals surface area contributed by atoms with Crippen molar-refractivity contribution in [2.45, 2.75) is 12.8 Å². The molecule has 0 aliphatic carbocycles. The predicted molar refractivity (Wildman–Crippen MR) is 103 cm³/mol. The summed E-state index contributed by atoms with van der Waals surface area (Å²) in [4.78, 5) is 42.3. The number of para-hydroxylation sites is 1. The van der Waals surface area contributed by atoms with E-state index in [4.69, 9.17) is 4.74 Å². The number of benzene rings is 2. The van der Waals surface area contributed by atoms with Gasteiger partial charge >= 0.3 is 5.97 Å². The molecule has 2 heterocycles. The number of carbonyl (C=O) groups excluding carboxylic acids is 3. The van der Waals surface area contributed by atoms with Gasteiger partial charge in [0.05, 0.1) is 16.8 Å². The fourth-order valence-electron chi connectivity index (χ4n) is 3.30. The molecule has 0 unspecified atom stereocenters. The third kappa shape index (κ3) is 3.49. The molecule has 0 N–H and O–H groups in total. The Morgan fingerprint density at radius 1 is 1.04 bits per heavy atom. The van der Waals surface area contributed by atoms with Crippen LogP contribution in [-0.2, 0) is 14.3 Å². The molecule has 2 aromatic carbocycles. The molecule has 140 valence electrons. The average molecular weight is 374 g/mol.